The van der Waals surface area contributed by atoms with Gasteiger partial charge >= 0.3 is 11.9 Å². The zero-order chi connectivity index (χ0) is 23.9. The Balaban J connectivity index is 2.00. The molecule has 0 aliphatic heterocycles. The first-order valence-electron chi connectivity index (χ1n) is 10.4. The lowest BCUT2D eigenvalue weighted by atomic mass is 10.2. The van der Waals surface area contributed by atoms with Gasteiger partial charge in [0.1, 0.15) is 0 Å². The minimum Gasteiger partial charge on any atom is -0.462 e. The van der Waals surface area contributed by atoms with Crippen LogP contribution in [0.15, 0.2) is 28.5 Å². The van der Waals surface area contributed by atoms with Crippen LogP contribution in [0.4, 0.5) is 0 Å². The third-order valence-corrected chi connectivity index (χ3v) is 12.7. The summed E-state index contributed by atoms with van der Waals surface area (Å²) in [6.07, 6.45) is 6.78. The third kappa shape index (κ3) is 4.66. The van der Waals surface area contributed by atoms with Gasteiger partial charge in [0.05, 0.1) is 43.5 Å². The molecule has 4 aromatic rings. The Labute approximate surface area is 211 Å². The third-order valence-electron chi connectivity index (χ3n) is 4.85. The van der Waals surface area contributed by atoms with Crippen LogP contribution in [0.3, 0.4) is 0 Å². The SMILES string of the molecule is CCOC(=O)c1c(-c2ccc(C)s2)sc2c(C(=O)OCC)c(-c3ccc(S(C)(C)C)s3)sc12. The van der Waals surface area contributed by atoms with E-state index in [0.717, 1.165) is 28.9 Å². The molecule has 4 nitrogen and oxygen atoms in total. The summed E-state index contributed by atoms with van der Waals surface area (Å²) in [4.78, 5) is 31.2. The molecule has 176 valence electrons. The Hall–Kier alpha value is -1.65. The highest BCUT2D eigenvalue weighted by Crippen LogP contribution is 2.54. The molecule has 0 aromatic carbocycles. The first-order chi connectivity index (χ1) is 15.7. The fraction of sp³-hybridized carbons (Fsp3) is 0.333. The lowest BCUT2D eigenvalue weighted by Gasteiger charge is -2.22. The van der Waals surface area contributed by atoms with E-state index in [9.17, 15) is 9.59 Å². The average Bonchev–Trinajstić information content (AvgIpc) is 3.49. The number of esters is 2. The van der Waals surface area contributed by atoms with Crippen molar-refractivity contribution in [2.75, 3.05) is 32.0 Å². The molecule has 9 heteroatoms. The maximum absolute atomic E-state index is 13.2. The lowest BCUT2D eigenvalue weighted by Crippen LogP contribution is -2.04. The van der Waals surface area contributed by atoms with E-state index in [1.807, 2.05) is 32.9 Å². The van der Waals surface area contributed by atoms with E-state index in [2.05, 4.69) is 30.9 Å². The molecule has 0 fully saturated rings. The van der Waals surface area contributed by atoms with Crippen molar-refractivity contribution in [2.45, 2.75) is 25.0 Å². The van der Waals surface area contributed by atoms with E-state index in [4.69, 9.17) is 9.47 Å². The fourth-order valence-electron chi connectivity index (χ4n) is 3.39. The number of fused-ring (bicyclic) bond motifs is 1. The van der Waals surface area contributed by atoms with E-state index in [1.54, 1.807) is 22.7 Å². The van der Waals surface area contributed by atoms with Gasteiger partial charge in [0.25, 0.3) is 0 Å². The van der Waals surface area contributed by atoms with E-state index in [-0.39, 0.29) is 11.9 Å². The molecule has 0 spiro atoms. The Morgan fingerprint density at radius 1 is 0.758 bits per heavy atom. The lowest BCUT2D eigenvalue weighted by molar-refractivity contribution is 0.0519. The second-order valence-electron chi connectivity index (χ2n) is 8.08. The second kappa shape index (κ2) is 9.54. The summed E-state index contributed by atoms with van der Waals surface area (Å²) in [5.74, 6) is -0.693. The first kappa shape index (κ1) is 24.5. The van der Waals surface area contributed by atoms with Crippen LogP contribution in [0.5, 0.6) is 0 Å². The van der Waals surface area contributed by atoms with Gasteiger partial charge < -0.3 is 9.47 Å². The smallest absolute Gasteiger partial charge is 0.341 e. The molecule has 0 atom stereocenters. The van der Waals surface area contributed by atoms with Gasteiger partial charge in [-0.2, -0.15) is 0 Å². The molecule has 0 amide bonds. The zero-order valence-electron chi connectivity index (χ0n) is 19.4. The van der Waals surface area contributed by atoms with Gasteiger partial charge in [-0.15, -0.1) is 45.3 Å². The largest absolute Gasteiger partial charge is 0.462 e. The van der Waals surface area contributed by atoms with Crippen molar-refractivity contribution >= 4 is 76.7 Å². The maximum atomic E-state index is 13.2. The molecule has 4 aromatic heterocycles. The zero-order valence-corrected chi connectivity index (χ0v) is 23.5. The molecule has 4 heterocycles. The summed E-state index contributed by atoms with van der Waals surface area (Å²) in [7, 11) is -0.883. The van der Waals surface area contributed by atoms with Gasteiger partial charge in [-0.25, -0.2) is 19.6 Å². The topological polar surface area (TPSA) is 52.6 Å². The van der Waals surface area contributed by atoms with Crippen LogP contribution in [-0.2, 0) is 9.47 Å². The van der Waals surface area contributed by atoms with Crippen LogP contribution in [-0.4, -0.2) is 43.9 Å². The molecular formula is C24H26O4S5. The van der Waals surface area contributed by atoms with Crippen LogP contribution in [0, 0.1) is 6.92 Å². The van der Waals surface area contributed by atoms with Crippen LogP contribution in [0.25, 0.3) is 28.9 Å². The highest BCUT2D eigenvalue weighted by molar-refractivity contribution is 8.33. The number of carbonyl (C=O) groups excluding carboxylic acids is 2. The summed E-state index contributed by atoms with van der Waals surface area (Å²) in [5, 5.41) is 0. The Morgan fingerprint density at radius 2 is 1.24 bits per heavy atom. The molecular weight excluding hydrogens is 513 g/mol. The van der Waals surface area contributed by atoms with E-state index < -0.39 is 10.0 Å². The van der Waals surface area contributed by atoms with E-state index in [0.29, 0.717) is 24.3 Å². The van der Waals surface area contributed by atoms with E-state index in [1.165, 1.54) is 31.8 Å². The molecule has 0 unspecified atom stereocenters. The number of carbonyl (C=O) groups is 2. The van der Waals surface area contributed by atoms with Crippen LogP contribution in [0.2, 0.25) is 0 Å². The predicted octanol–water partition coefficient (Wildman–Crippen LogP) is 8.13. The van der Waals surface area contributed by atoms with Crippen molar-refractivity contribution in [3.05, 3.63) is 40.3 Å². The van der Waals surface area contributed by atoms with Gasteiger partial charge in [0.15, 0.2) is 0 Å². The Morgan fingerprint density at radius 3 is 1.64 bits per heavy atom. The number of aryl methyl sites for hydroxylation is 1. The average molecular weight is 539 g/mol. The number of hydrogen-bond acceptors (Lipinski definition) is 8. The molecule has 0 saturated heterocycles. The maximum Gasteiger partial charge on any atom is 0.341 e. The molecule has 33 heavy (non-hydrogen) atoms. The molecule has 0 N–H and O–H groups in total. The summed E-state index contributed by atoms with van der Waals surface area (Å²) < 4.78 is 13.8. The van der Waals surface area contributed by atoms with Crippen LogP contribution in [0.1, 0.15) is 39.4 Å². The van der Waals surface area contributed by atoms with Gasteiger partial charge in [-0.3, -0.25) is 0 Å². The summed E-state index contributed by atoms with van der Waals surface area (Å²) >= 11 is 6.33. The summed E-state index contributed by atoms with van der Waals surface area (Å²) in [6.45, 7) is 6.26. The summed E-state index contributed by atoms with van der Waals surface area (Å²) in [5.41, 5.74) is 1.11. The van der Waals surface area contributed by atoms with Crippen molar-refractivity contribution in [1.29, 1.82) is 0 Å². The number of rotatable bonds is 7. The van der Waals surface area contributed by atoms with Gasteiger partial charge in [-0.1, -0.05) is 0 Å². The normalized spacial score (nSPS) is 12.3. The molecule has 0 aliphatic carbocycles. The molecule has 0 bridgehead atoms. The van der Waals surface area contributed by atoms with Gasteiger partial charge in [-0.05, 0) is 63.8 Å². The Bertz CT molecular complexity index is 1330. The minimum absolute atomic E-state index is 0.296. The summed E-state index contributed by atoms with van der Waals surface area (Å²) in [6, 6.07) is 8.32. The predicted molar refractivity (Wildman–Crippen MR) is 147 cm³/mol. The van der Waals surface area contributed by atoms with Crippen LogP contribution < -0.4 is 0 Å². The van der Waals surface area contributed by atoms with Crippen molar-refractivity contribution in [3.63, 3.8) is 0 Å². The molecule has 0 saturated carbocycles. The van der Waals surface area contributed by atoms with Crippen molar-refractivity contribution < 1.29 is 19.1 Å². The highest BCUT2D eigenvalue weighted by atomic mass is 32.3. The van der Waals surface area contributed by atoms with Crippen molar-refractivity contribution in [3.8, 4) is 19.5 Å². The monoisotopic (exact) mass is 538 g/mol. The first-order valence-corrected chi connectivity index (χ1v) is 16.6. The Kier molecular flexibility index (Phi) is 7.08. The molecule has 0 aliphatic rings. The second-order valence-corrected chi connectivity index (χ2v) is 16.9. The van der Waals surface area contributed by atoms with Crippen molar-refractivity contribution in [2.24, 2.45) is 0 Å². The van der Waals surface area contributed by atoms with E-state index >= 15 is 0 Å². The number of hydrogen-bond donors (Lipinski definition) is 0. The van der Waals surface area contributed by atoms with Gasteiger partial charge in [0.2, 0.25) is 0 Å². The number of thiophene rings is 4. The van der Waals surface area contributed by atoms with Crippen LogP contribution >= 0.6 is 55.4 Å². The molecule has 0 radical (unpaired) electrons. The molecule has 4 rings (SSSR count). The standard InChI is InChI=1S/C24H26O4S5/c1-7-27-23(25)17-19(14-10-9-13(3)29-14)31-22-18(24(26)28-8-2)20(32-21(17)22)15-11-12-16(30-15)33(4,5)6/h9-12H,7-8H2,1-6H3. The number of ether oxygens (including phenoxy) is 2. The highest BCUT2D eigenvalue weighted by Gasteiger charge is 2.31. The fourth-order valence-corrected chi connectivity index (χ4v) is 9.79. The van der Waals surface area contributed by atoms with Gasteiger partial charge in [0, 0.05) is 18.8 Å². The minimum atomic E-state index is -0.883. The quantitative estimate of drug-likeness (QED) is 0.223. The van der Waals surface area contributed by atoms with Crippen molar-refractivity contribution in [1.82, 2.24) is 0 Å².